The Morgan fingerprint density at radius 1 is 0.433 bits per heavy atom. The smallest absolute Gasteiger partial charge is 0.488 e. The first-order valence-corrected chi connectivity index (χ1v) is 32.0. The zero-order valence-electron chi connectivity index (χ0n) is 57.2. The summed E-state index contributed by atoms with van der Waals surface area (Å²) in [4.78, 5) is 76.1. The first kappa shape index (κ1) is 75.3. The maximum Gasteiger partial charge on any atom is 0.488 e. The standard InChI is InChI=1S/2C19H23N3O3.C14H15N3O.C12H16ClN3O2.C7H9BO2.ClH/c2*1-19(2,3)25-18(23)22-11-14(12-22)17-16(20-9-10-21-17)13-5-7-15(24-4)8-6-13;1-18-12-4-2-10(3-5-12)13-14(11-8-15-9-11)17-7-6-16-13;1-12(2,3)18-11(17)16-6-8(7-16)9-10(13)15-5-4-14-9;1-6-2-4-7(5-3-6)8(9)10;/h2*5-10,14H,11-12H2,1-4H3;2-7,11,15H,8-9H2,1H3;4-5,8H,6-7H2,1-3H3;2-5,9-10H,1H3;1H. The van der Waals surface area contributed by atoms with E-state index in [-0.39, 0.29) is 48.4 Å². The van der Waals surface area contributed by atoms with E-state index in [2.05, 4.69) is 45.2 Å². The number of amides is 3. The zero-order valence-corrected chi connectivity index (χ0v) is 58.7. The van der Waals surface area contributed by atoms with Crippen LogP contribution < -0.4 is 25.0 Å². The summed E-state index contributed by atoms with van der Waals surface area (Å²) in [6, 6.07) is 30.5. The molecule has 4 aromatic carbocycles. The molecule has 0 radical (unpaired) electrons. The maximum atomic E-state index is 12.1. The van der Waals surface area contributed by atoms with Gasteiger partial charge in [0, 0.05) is 142 Å². The molecule has 4 aliphatic heterocycles. The number of aryl methyl sites for hydroxylation is 1. The lowest BCUT2D eigenvalue weighted by atomic mass is 9.80. The van der Waals surface area contributed by atoms with Crippen LogP contribution in [0.4, 0.5) is 14.4 Å². The van der Waals surface area contributed by atoms with Crippen LogP contribution in [0.25, 0.3) is 33.8 Å². The van der Waals surface area contributed by atoms with Crippen molar-refractivity contribution in [3.63, 3.8) is 0 Å². The highest BCUT2D eigenvalue weighted by molar-refractivity contribution is 6.58. The van der Waals surface area contributed by atoms with Gasteiger partial charge in [0.1, 0.15) is 34.1 Å². The summed E-state index contributed by atoms with van der Waals surface area (Å²) in [5.41, 5.74) is 9.60. The van der Waals surface area contributed by atoms with Crippen molar-refractivity contribution >= 4 is 54.9 Å². The second kappa shape index (κ2) is 34.2. The Bertz CT molecular complexity index is 3690. The fourth-order valence-electron chi connectivity index (χ4n) is 10.1. The summed E-state index contributed by atoms with van der Waals surface area (Å²) in [7, 11) is 3.61. The SMILES string of the molecule is CC(C)(C)OC(=O)N1CC(c2nccnc2Cl)C1.COc1ccc(-c2nccnc2C2CN(C(=O)OC(C)(C)C)C2)cc1.COc1ccc(-c2nccnc2C2CN(C(=O)OC(C)(C)C)C2)cc1.COc1ccc(-c2nccnc2C2CNC2)cc1.Cc1ccc(B(O)O)cc1.Cl. The number of hydrogen-bond acceptors (Lipinski definition) is 20. The first-order valence-electron chi connectivity index (χ1n) is 31.6. The number of halogens is 2. The van der Waals surface area contributed by atoms with Crippen LogP contribution in [0.5, 0.6) is 17.2 Å². The fraction of sp³-hybridized carbons (Fsp3) is 0.394. The van der Waals surface area contributed by atoms with Gasteiger partial charge in [-0.05, 0) is 147 Å². The number of methoxy groups -OCH3 is 3. The van der Waals surface area contributed by atoms with E-state index in [9.17, 15) is 14.4 Å². The van der Waals surface area contributed by atoms with Crippen LogP contribution in [0.1, 0.15) is 114 Å². The first-order chi connectivity index (χ1) is 45.7. The number of benzene rings is 4. The van der Waals surface area contributed by atoms with Crippen LogP contribution in [0.15, 0.2) is 147 Å². The molecular formula is C71H87BCl2N12O11. The lowest BCUT2D eigenvalue weighted by molar-refractivity contribution is 0.00694. The van der Waals surface area contributed by atoms with Crippen LogP contribution in [0.2, 0.25) is 5.15 Å². The molecule has 12 rings (SSSR count). The minimum atomic E-state index is -1.35. The Hall–Kier alpha value is -9.07. The molecule has 4 saturated heterocycles. The topological polar surface area (TPSA) is 272 Å². The highest BCUT2D eigenvalue weighted by Gasteiger charge is 2.39. The molecule has 0 spiro atoms. The molecule has 0 atom stereocenters. The molecule has 0 bridgehead atoms. The molecular weight excluding hydrogens is 1280 g/mol. The number of aromatic nitrogens is 8. The van der Waals surface area contributed by atoms with Gasteiger partial charge in [0.05, 0.1) is 61.2 Å². The van der Waals surface area contributed by atoms with Gasteiger partial charge in [0.25, 0.3) is 0 Å². The van der Waals surface area contributed by atoms with Crippen LogP contribution in [-0.4, -0.2) is 181 Å². The molecule has 23 nitrogen and oxygen atoms in total. The Kier molecular flexibility index (Phi) is 26.6. The van der Waals surface area contributed by atoms with Gasteiger partial charge < -0.3 is 58.5 Å². The summed E-state index contributed by atoms with van der Waals surface area (Å²) in [6.07, 6.45) is 12.6. The van der Waals surface area contributed by atoms with E-state index in [0.29, 0.717) is 55.8 Å². The van der Waals surface area contributed by atoms with Crippen molar-refractivity contribution in [3.05, 3.63) is 180 Å². The predicted octanol–water partition coefficient (Wildman–Crippen LogP) is 11.4. The summed E-state index contributed by atoms with van der Waals surface area (Å²) in [5, 5.41) is 21.0. The van der Waals surface area contributed by atoms with Gasteiger partial charge in [-0.1, -0.05) is 41.4 Å². The largest absolute Gasteiger partial charge is 0.497 e. The van der Waals surface area contributed by atoms with E-state index in [4.69, 9.17) is 50.1 Å². The van der Waals surface area contributed by atoms with Crippen molar-refractivity contribution in [1.29, 1.82) is 0 Å². The molecule has 3 N–H and O–H groups in total. The molecule has 8 aromatic rings. The monoisotopic (exact) mass is 1360 g/mol. The minimum absolute atomic E-state index is 0. The third-order valence-electron chi connectivity index (χ3n) is 15.3. The van der Waals surface area contributed by atoms with Crippen LogP contribution in [0.3, 0.4) is 0 Å². The van der Waals surface area contributed by atoms with Gasteiger partial charge >= 0.3 is 25.4 Å². The van der Waals surface area contributed by atoms with Crippen LogP contribution in [0, 0.1) is 6.92 Å². The molecule has 3 amide bonds. The normalized spacial score (nSPS) is 14.5. The van der Waals surface area contributed by atoms with E-state index in [1.165, 1.54) is 0 Å². The van der Waals surface area contributed by atoms with E-state index < -0.39 is 23.9 Å². The van der Waals surface area contributed by atoms with Gasteiger partial charge in [-0.25, -0.2) is 19.4 Å². The number of nitrogens with one attached hydrogen (secondary N) is 1. The van der Waals surface area contributed by atoms with E-state index in [0.717, 1.165) is 92.4 Å². The predicted molar refractivity (Wildman–Crippen MR) is 375 cm³/mol. The van der Waals surface area contributed by atoms with Gasteiger partial charge in [-0.15, -0.1) is 12.4 Å². The van der Waals surface area contributed by atoms with Gasteiger partial charge in [0.15, 0.2) is 5.15 Å². The minimum Gasteiger partial charge on any atom is -0.497 e. The molecule has 26 heteroatoms. The summed E-state index contributed by atoms with van der Waals surface area (Å²) in [5.74, 6) is 3.42. The van der Waals surface area contributed by atoms with Crippen molar-refractivity contribution in [2.75, 3.05) is 73.7 Å². The number of likely N-dealkylation sites (tertiary alicyclic amines) is 3. The second-order valence-corrected chi connectivity index (χ2v) is 26.5. The van der Waals surface area contributed by atoms with E-state index >= 15 is 0 Å². The number of nitrogens with zero attached hydrogens (tertiary/aromatic N) is 11. The highest BCUT2D eigenvalue weighted by atomic mass is 35.5. The lowest BCUT2D eigenvalue weighted by Gasteiger charge is -2.39. The average molecular weight is 1370 g/mol. The van der Waals surface area contributed by atoms with Crippen molar-refractivity contribution in [3.8, 4) is 51.0 Å². The third-order valence-corrected chi connectivity index (χ3v) is 15.5. The Morgan fingerprint density at radius 2 is 0.711 bits per heavy atom. The molecule has 4 aromatic heterocycles. The van der Waals surface area contributed by atoms with Crippen molar-refractivity contribution in [1.82, 2.24) is 59.9 Å². The van der Waals surface area contributed by atoms with Crippen molar-refractivity contribution in [2.24, 2.45) is 0 Å². The lowest BCUT2D eigenvalue weighted by Crippen LogP contribution is -2.50. The van der Waals surface area contributed by atoms with Gasteiger partial charge in [-0.3, -0.25) is 34.9 Å². The molecule has 0 saturated carbocycles. The molecule has 0 unspecified atom stereocenters. The molecule has 514 valence electrons. The fourth-order valence-corrected chi connectivity index (χ4v) is 10.3. The average Bonchev–Trinajstić information content (AvgIpc) is 0.808. The van der Waals surface area contributed by atoms with Crippen molar-refractivity contribution < 1.29 is 52.9 Å². The summed E-state index contributed by atoms with van der Waals surface area (Å²) < 4.78 is 31.7. The molecule has 4 aliphatic rings. The summed E-state index contributed by atoms with van der Waals surface area (Å²) in [6.45, 7) is 24.2. The molecule has 4 fully saturated rings. The van der Waals surface area contributed by atoms with Gasteiger partial charge in [-0.2, -0.15) is 0 Å². The van der Waals surface area contributed by atoms with Crippen molar-refractivity contribution in [2.45, 2.75) is 110 Å². The zero-order chi connectivity index (χ0) is 69.3. The Labute approximate surface area is 579 Å². The van der Waals surface area contributed by atoms with Gasteiger partial charge in [0.2, 0.25) is 0 Å². The molecule has 0 aliphatic carbocycles. The van der Waals surface area contributed by atoms with E-state index in [1.54, 1.807) is 97.7 Å². The highest BCUT2D eigenvalue weighted by Crippen LogP contribution is 2.36. The van der Waals surface area contributed by atoms with Crippen LogP contribution >= 0.6 is 24.0 Å². The Balaban J connectivity index is 0.000000175. The Morgan fingerprint density at radius 3 is 0.979 bits per heavy atom. The van der Waals surface area contributed by atoms with E-state index in [1.807, 2.05) is 154 Å². The number of carbonyl (C=O) groups excluding carboxylic acids is 3. The number of hydrogen-bond donors (Lipinski definition) is 3. The van der Waals surface area contributed by atoms with Crippen LogP contribution in [-0.2, 0) is 14.2 Å². The number of rotatable bonds is 11. The number of ether oxygens (including phenoxy) is 6. The number of carbonyl (C=O) groups is 3. The maximum absolute atomic E-state index is 12.1. The second-order valence-electron chi connectivity index (χ2n) is 26.2. The third kappa shape index (κ3) is 21.7. The molecule has 97 heavy (non-hydrogen) atoms. The summed E-state index contributed by atoms with van der Waals surface area (Å²) >= 11 is 5.96. The quantitative estimate of drug-likeness (QED) is 0.0802. The molecule has 8 heterocycles.